The topological polar surface area (TPSA) is 111 Å². The zero-order valence-electron chi connectivity index (χ0n) is 21.3. The van der Waals surface area contributed by atoms with Crippen molar-refractivity contribution in [3.05, 3.63) is 92.8 Å². The fourth-order valence-electron chi connectivity index (χ4n) is 4.62. The number of rotatable bonds is 10. The second-order valence-corrected chi connectivity index (χ2v) is 8.98. The first-order valence-corrected chi connectivity index (χ1v) is 12.5. The van der Waals surface area contributed by atoms with Gasteiger partial charge in [-0.1, -0.05) is 41.9 Å². The standard InChI is InChI=1S/C28H26ClFN2O7/c1-3-39-28(36)24-21(15-38-13-12-32-25(33)16-8-4-5-9-17(16)26(32)34)31-20(14-30)23(27(35)37-2)22(24)18-10-6-7-11-19(18)29/h4-11,22,31H,3,12-15H2,1-2H3. The van der Waals surface area contributed by atoms with Crippen molar-refractivity contribution in [3.8, 4) is 0 Å². The number of fused-ring (bicyclic) bond motifs is 1. The summed E-state index contributed by atoms with van der Waals surface area (Å²) < 4.78 is 30.2. The molecular formula is C28H26ClFN2O7. The number of allylic oxidation sites excluding steroid dienone is 1. The Morgan fingerprint density at radius 1 is 0.974 bits per heavy atom. The summed E-state index contributed by atoms with van der Waals surface area (Å²) in [4.78, 5) is 52.4. The number of methoxy groups -OCH3 is 1. The number of dihydropyridines is 1. The second kappa shape index (κ2) is 12.2. The molecular weight excluding hydrogens is 531 g/mol. The molecule has 2 aliphatic rings. The number of nitrogens with zero attached hydrogens (tertiary/aromatic N) is 1. The smallest absolute Gasteiger partial charge is 0.336 e. The molecule has 2 aromatic rings. The van der Waals surface area contributed by atoms with Gasteiger partial charge >= 0.3 is 11.9 Å². The fraction of sp³-hybridized carbons (Fsp3) is 0.286. The highest BCUT2D eigenvalue weighted by molar-refractivity contribution is 6.31. The molecule has 9 nitrogen and oxygen atoms in total. The van der Waals surface area contributed by atoms with Crippen LogP contribution in [0.2, 0.25) is 5.02 Å². The van der Waals surface area contributed by atoms with Gasteiger partial charge in [0.1, 0.15) is 6.67 Å². The van der Waals surface area contributed by atoms with E-state index < -0.39 is 36.3 Å². The van der Waals surface area contributed by atoms with E-state index in [1.807, 2.05) is 0 Å². The predicted molar refractivity (Wildman–Crippen MR) is 139 cm³/mol. The Labute approximate surface area is 229 Å². The maximum atomic E-state index is 14.3. The quantitative estimate of drug-likeness (QED) is 0.269. The van der Waals surface area contributed by atoms with Gasteiger partial charge in [0.2, 0.25) is 0 Å². The number of imide groups is 1. The zero-order valence-corrected chi connectivity index (χ0v) is 22.0. The number of amides is 2. The lowest BCUT2D eigenvalue weighted by Crippen LogP contribution is -2.37. The van der Waals surface area contributed by atoms with Crippen molar-refractivity contribution >= 4 is 35.4 Å². The molecule has 0 saturated heterocycles. The molecule has 39 heavy (non-hydrogen) atoms. The Morgan fingerprint density at radius 3 is 2.18 bits per heavy atom. The lowest BCUT2D eigenvalue weighted by Gasteiger charge is -2.32. The third kappa shape index (κ3) is 5.43. The van der Waals surface area contributed by atoms with Crippen molar-refractivity contribution in [2.24, 2.45) is 0 Å². The minimum absolute atomic E-state index is 0.00304. The summed E-state index contributed by atoms with van der Waals surface area (Å²) >= 11 is 6.46. The van der Waals surface area contributed by atoms with Gasteiger partial charge in [0.05, 0.1) is 73.1 Å². The average Bonchev–Trinajstić information content (AvgIpc) is 3.19. The first kappa shape index (κ1) is 28.0. The summed E-state index contributed by atoms with van der Waals surface area (Å²) in [6.07, 6.45) is 0. The Hall–Kier alpha value is -4.02. The van der Waals surface area contributed by atoms with Crippen LogP contribution in [0, 0.1) is 0 Å². The third-order valence-electron chi connectivity index (χ3n) is 6.36. The Morgan fingerprint density at radius 2 is 1.59 bits per heavy atom. The van der Waals surface area contributed by atoms with Gasteiger partial charge in [-0.05, 0) is 30.7 Å². The van der Waals surface area contributed by atoms with Crippen LogP contribution in [0.4, 0.5) is 4.39 Å². The van der Waals surface area contributed by atoms with E-state index in [0.29, 0.717) is 16.7 Å². The molecule has 11 heteroatoms. The molecule has 2 aromatic carbocycles. The van der Waals surface area contributed by atoms with E-state index in [-0.39, 0.29) is 53.9 Å². The van der Waals surface area contributed by atoms with Crippen LogP contribution in [-0.2, 0) is 23.8 Å². The normalized spacial score (nSPS) is 16.8. The highest BCUT2D eigenvalue weighted by Crippen LogP contribution is 2.42. The number of nitrogens with one attached hydrogen (secondary N) is 1. The van der Waals surface area contributed by atoms with Crippen LogP contribution in [0.3, 0.4) is 0 Å². The van der Waals surface area contributed by atoms with Crippen LogP contribution in [0.1, 0.15) is 39.1 Å². The predicted octanol–water partition coefficient (Wildman–Crippen LogP) is 3.55. The van der Waals surface area contributed by atoms with Gasteiger partial charge in [-0.2, -0.15) is 0 Å². The molecule has 1 N–H and O–H groups in total. The zero-order chi connectivity index (χ0) is 28.1. The Bertz CT molecular complexity index is 1350. The molecule has 0 spiro atoms. The Kier molecular flexibility index (Phi) is 8.78. The SMILES string of the molecule is CCOC(=O)C1=C(COCCN2C(=O)c3ccccc3C2=O)NC(CF)=C(C(=O)OC)C1c1ccccc1Cl. The van der Waals surface area contributed by atoms with E-state index in [4.69, 9.17) is 25.8 Å². The number of carbonyl (C=O) groups excluding carboxylic acids is 4. The van der Waals surface area contributed by atoms with Crippen molar-refractivity contribution in [1.82, 2.24) is 10.2 Å². The van der Waals surface area contributed by atoms with Gasteiger partial charge in [0, 0.05) is 5.02 Å². The molecule has 2 aliphatic heterocycles. The van der Waals surface area contributed by atoms with E-state index in [0.717, 1.165) is 12.0 Å². The van der Waals surface area contributed by atoms with E-state index in [9.17, 15) is 23.6 Å². The molecule has 0 aromatic heterocycles. The third-order valence-corrected chi connectivity index (χ3v) is 6.71. The van der Waals surface area contributed by atoms with Crippen molar-refractivity contribution in [1.29, 1.82) is 0 Å². The van der Waals surface area contributed by atoms with Crippen molar-refractivity contribution in [2.45, 2.75) is 12.8 Å². The number of hydrogen-bond acceptors (Lipinski definition) is 8. The van der Waals surface area contributed by atoms with Crippen LogP contribution in [0.25, 0.3) is 0 Å². The van der Waals surface area contributed by atoms with Crippen LogP contribution in [-0.4, -0.2) is 68.8 Å². The summed E-state index contributed by atoms with van der Waals surface area (Å²) in [7, 11) is 1.15. The molecule has 204 valence electrons. The van der Waals surface area contributed by atoms with E-state index in [1.54, 1.807) is 55.5 Å². The lowest BCUT2D eigenvalue weighted by molar-refractivity contribution is -0.139. The minimum Gasteiger partial charge on any atom is -0.466 e. The van der Waals surface area contributed by atoms with Gasteiger partial charge in [-0.25, -0.2) is 14.0 Å². The van der Waals surface area contributed by atoms with Gasteiger partial charge < -0.3 is 19.5 Å². The number of benzene rings is 2. The van der Waals surface area contributed by atoms with E-state index in [1.165, 1.54) is 0 Å². The largest absolute Gasteiger partial charge is 0.466 e. The maximum Gasteiger partial charge on any atom is 0.336 e. The van der Waals surface area contributed by atoms with Crippen LogP contribution in [0.5, 0.6) is 0 Å². The monoisotopic (exact) mass is 556 g/mol. The number of hydrogen-bond donors (Lipinski definition) is 1. The molecule has 0 saturated carbocycles. The summed E-state index contributed by atoms with van der Waals surface area (Å²) in [5, 5.41) is 3.05. The van der Waals surface area contributed by atoms with Crippen molar-refractivity contribution in [3.63, 3.8) is 0 Å². The first-order chi connectivity index (χ1) is 18.8. The van der Waals surface area contributed by atoms with Crippen molar-refractivity contribution in [2.75, 3.05) is 40.1 Å². The summed E-state index contributed by atoms with van der Waals surface area (Å²) in [5.74, 6) is -3.55. The van der Waals surface area contributed by atoms with Gasteiger partial charge in [0.25, 0.3) is 11.8 Å². The first-order valence-electron chi connectivity index (χ1n) is 12.2. The number of esters is 2. The van der Waals surface area contributed by atoms with Crippen LogP contribution in [0.15, 0.2) is 71.1 Å². The van der Waals surface area contributed by atoms with Crippen molar-refractivity contribution < 1.29 is 37.8 Å². The maximum absolute atomic E-state index is 14.3. The molecule has 2 heterocycles. The number of halogens is 2. The van der Waals surface area contributed by atoms with Crippen LogP contribution >= 0.6 is 11.6 Å². The molecule has 0 fully saturated rings. The molecule has 2 amide bonds. The Balaban J connectivity index is 1.63. The van der Waals surface area contributed by atoms with Gasteiger partial charge in [-0.3, -0.25) is 14.5 Å². The highest BCUT2D eigenvalue weighted by Gasteiger charge is 2.41. The van der Waals surface area contributed by atoms with Gasteiger partial charge in [-0.15, -0.1) is 0 Å². The fourth-order valence-corrected chi connectivity index (χ4v) is 4.87. The van der Waals surface area contributed by atoms with Crippen LogP contribution < -0.4 is 5.32 Å². The van der Waals surface area contributed by atoms with E-state index in [2.05, 4.69) is 5.32 Å². The molecule has 0 aliphatic carbocycles. The van der Waals surface area contributed by atoms with Gasteiger partial charge in [0.15, 0.2) is 0 Å². The molecule has 1 unspecified atom stereocenters. The van der Waals surface area contributed by atoms with E-state index >= 15 is 0 Å². The summed E-state index contributed by atoms with van der Waals surface area (Å²) in [6.45, 7) is 0.250. The molecule has 4 rings (SSSR count). The highest BCUT2D eigenvalue weighted by atomic mass is 35.5. The number of carbonyl (C=O) groups is 4. The molecule has 0 bridgehead atoms. The summed E-state index contributed by atoms with van der Waals surface area (Å²) in [6, 6.07) is 13.1. The summed E-state index contributed by atoms with van der Waals surface area (Å²) in [5.41, 5.74) is 0.936. The minimum atomic E-state index is -1.10. The lowest BCUT2D eigenvalue weighted by atomic mass is 9.80. The number of alkyl halides is 1. The second-order valence-electron chi connectivity index (χ2n) is 8.57. The molecule has 0 radical (unpaired) electrons. The number of ether oxygens (including phenoxy) is 3. The average molecular weight is 557 g/mol. The molecule has 1 atom stereocenters.